The highest BCUT2D eigenvalue weighted by molar-refractivity contribution is 5.97. The highest BCUT2D eigenvalue weighted by Crippen LogP contribution is 2.44. The molecular formula is C23H24F5N3O6. The van der Waals surface area contributed by atoms with E-state index in [2.05, 4.69) is 0 Å². The van der Waals surface area contributed by atoms with E-state index in [0.29, 0.717) is 30.5 Å². The van der Waals surface area contributed by atoms with E-state index in [1.54, 1.807) is 9.47 Å². The molecule has 0 bridgehead atoms. The molecule has 2 heterocycles. The van der Waals surface area contributed by atoms with Gasteiger partial charge in [-0.25, -0.2) is 18.4 Å². The summed E-state index contributed by atoms with van der Waals surface area (Å²) in [4.78, 5) is 34.9. The van der Waals surface area contributed by atoms with Crippen molar-refractivity contribution >= 4 is 28.5 Å². The maximum atomic E-state index is 15.3. The Morgan fingerprint density at radius 1 is 1.24 bits per heavy atom. The molecule has 9 nitrogen and oxygen atoms in total. The van der Waals surface area contributed by atoms with Gasteiger partial charge in [0.05, 0.1) is 18.0 Å². The first-order valence-corrected chi connectivity index (χ1v) is 11.1. The van der Waals surface area contributed by atoms with Gasteiger partial charge in [-0.15, -0.1) is 0 Å². The Kier molecular flexibility index (Phi) is 8.10. The van der Waals surface area contributed by atoms with E-state index < -0.39 is 40.8 Å². The minimum Gasteiger partial charge on any atom is -0.492 e. The average Bonchev–Trinajstić information content (AvgIpc) is 3.68. The summed E-state index contributed by atoms with van der Waals surface area (Å²) in [5, 5.41) is 16.5. The lowest BCUT2D eigenvalue weighted by atomic mass is 10.0. The van der Waals surface area contributed by atoms with Gasteiger partial charge in [0.1, 0.15) is 17.1 Å². The molecule has 2 aromatic rings. The van der Waals surface area contributed by atoms with Gasteiger partial charge in [-0.3, -0.25) is 4.79 Å². The number of ether oxygens (including phenoxy) is 1. The number of fused-ring (bicyclic) bond motifs is 1. The van der Waals surface area contributed by atoms with Crippen LogP contribution in [0.4, 0.5) is 27.6 Å². The average molecular weight is 533 g/mol. The number of carboxylic acid groups (broad SMARTS) is 2. The summed E-state index contributed by atoms with van der Waals surface area (Å²) in [5.74, 6) is -5.08. The molecule has 0 unspecified atom stereocenters. The van der Waals surface area contributed by atoms with E-state index >= 15 is 4.39 Å². The lowest BCUT2D eigenvalue weighted by molar-refractivity contribution is -0.192. The fraction of sp³-hybridized carbons (Fsp3) is 0.435. The number of benzene rings is 1. The van der Waals surface area contributed by atoms with Gasteiger partial charge in [-0.05, 0) is 37.3 Å². The Bertz CT molecular complexity index is 1320. The summed E-state index contributed by atoms with van der Waals surface area (Å²) in [6.07, 6.45) is -0.955. The number of rotatable bonds is 5. The zero-order valence-electron chi connectivity index (χ0n) is 19.6. The van der Waals surface area contributed by atoms with Gasteiger partial charge in [-0.2, -0.15) is 13.2 Å². The molecule has 4 rings (SSSR count). The SMILES string of the molecule is COc1c(N2CCCC(=C(F)CN)C2)c(F)cc2c(=O)c(C(=O)O)cn(C3CC3)c12.O=C(O)C(F)(F)F. The number of pyridine rings is 1. The molecular weight excluding hydrogens is 509 g/mol. The van der Waals surface area contributed by atoms with Crippen LogP contribution in [0, 0.1) is 5.82 Å². The maximum Gasteiger partial charge on any atom is 0.490 e. The Morgan fingerprint density at radius 2 is 1.86 bits per heavy atom. The van der Waals surface area contributed by atoms with E-state index in [1.807, 2.05) is 0 Å². The van der Waals surface area contributed by atoms with E-state index in [0.717, 1.165) is 18.9 Å². The lowest BCUT2D eigenvalue weighted by Gasteiger charge is -2.33. The number of hydrogen-bond acceptors (Lipinski definition) is 6. The summed E-state index contributed by atoms with van der Waals surface area (Å²) < 4.78 is 68.4. The quantitative estimate of drug-likeness (QED) is 0.497. The molecule has 4 N–H and O–H groups in total. The number of carboxylic acids is 2. The molecule has 0 atom stereocenters. The second kappa shape index (κ2) is 10.7. The molecule has 2 fully saturated rings. The molecule has 0 radical (unpaired) electrons. The second-order valence-electron chi connectivity index (χ2n) is 8.49. The van der Waals surface area contributed by atoms with Gasteiger partial charge in [-0.1, -0.05) is 0 Å². The summed E-state index contributed by atoms with van der Waals surface area (Å²) in [6, 6.07) is 1.09. The third-order valence-corrected chi connectivity index (χ3v) is 5.98. The summed E-state index contributed by atoms with van der Waals surface area (Å²) >= 11 is 0. The van der Waals surface area contributed by atoms with Crippen LogP contribution in [0.3, 0.4) is 0 Å². The predicted octanol–water partition coefficient (Wildman–Crippen LogP) is 3.60. The number of nitrogens with two attached hydrogens (primary N) is 1. The largest absolute Gasteiger partial charge is 0.492 e. The van der Waals surface area contributed by atoms with Gasteiger partial charge in [0, 0.05) is 31.9 Å². The van der Waals surface area contributed by atoms with Crippen LogP contribution >= 0.6 is 0 Å². The maximum absolute atomic E-state index is 15.3. The fourth-order valence-electron chi connectivity index (χ4n) is 4.15. The van der Waals surface area contributed by atoms with Crippen LogP contribution < -0.4 is 20.8 Å². The van der Waals surface area contributed by atoms with Crippen LogP contribution in [0.15, 0.2) is 28.5 Å². The van der Waals surface area contributed by atoms with E-state index in [9.17, 15) is 32.3 Å². The van der Waals surface area contributed by atoms with Crippen LogP contribution in [-0.4, -0.2) is 59.6 Å². The minimum atomic E-state index is -5.08. The molecule has 0 spiro atoms. The fourth-order valence-corrected chi connectivity index (χ4v) is 4.15. The van der Waals surface area contributed by atoms with Crippen molar-refractivity contribution in [1.29, 1.82) is 0 Å². The van der Waals surface area contributed by atoms with Crippen molar-refractivity contribution in [2.75, 3.05) is 31.6 Å². The van der Waals surface area contributed by atoms with Gasteiger partial charge >= 0.3 is 18.1 Å². The number of piperidine rings is 1. The number of carbonyl (C=O) groups is 2. The highest BCUT2D eigenvalue weighted by Gasteiger charge is 2.38. The number of aromatic nitrogens is 1. The van der Waals surface area contributed by atoms with Gasteiger partial charge in [0.15, 0.2) is 11.6 Å². The zero-order valence-corrected chi connectivity index (χ0v) is 19.6. The molecule has 1 saturated carbocycles. The van der Waals surface area contributed by atoms with Crippen molar-refractivity contribution in [3.63, 3.8) is 0 Å². The van der Waals surface area contributed by atoms with Crippen molar-refractivity contribution < 1.29 is 46.5 Å². The molecule has 202 valence electrons. The van der Waals surface area contributed by atoms with Crippen LogP contribution in [0.5, 0.6) is 5.75 Å². The molecule has 14 heteroatoms. The molecule has 0 amide bonds. The van der Waals surface area contributed by atoms with E-state index in [1.165, 1.54) is 13.3 Å². The van der Waals surface area contributed by atoms with Crippen LogP contribution in [0.2, 0.25) is 0 Å². The molecule has 1 aromatic heterocycles. The number of aromatic carboxylic acids is 1. The Labute approximate surface area is 206 Å². The number of halogens is 5. The monoisotopic (exact) mass is 533 g/mol. The molecule has 1 aliphatic carbocycles. The number of alkyl halides is 3. The smallest absolute Gasteiger partial charge is 0.490 e. The predicted molar refractivity (Wildman–Crippen MR) is 122 cm³/mol. The standard InChI is InChI=1S/C21H23F2N3O4.C2HF3O2/c1-30-20-17-13(19(27)14(21(28)29)10-26(17)12-4-5-12)7-15(22)18(20)25-6-2-3-11(9-25)16(23)8-24;3-2(4,5)1(6)7/h7,10,12H,2-6,8-9,24H2,1H3,(H,28,29);(H,6,7). The van der Waals surface area contributed by atoms with Crippen molar-refractivity contribution in [3.05, 3.63) is 45.3 Å². The molecule has 1 aliphatic heterocycles. The first-order valence-electron chi connectivity index (χ1n) is 11.1. The van der Waals surface area contributed by atoms with Crippen molar-refractivity contribution in [3.8, 4) is 5.75 Å². The topological polar surface area (TPSA) is 135 Å². The zero-order chi connectivity index (χ0) is 27.7. The first kappa shape index (κ1) is 27.9. The van der Waals surface area contributed by atoms with Gasteiger partial charge < -0.3 is 30.2 Å². The molecule has 1 aromatic carbocycles. The molecule has 1 saturated heterocycles. The van der Waals surface area contributed by atoms with Crippen LogP contribution in [0.1, 0.15) is 42.1 Å². The number of methoxy groups -OCH3 is 1. The van der Waals surface area contributed by atoms with Crippen molar-refractivity contribution in [2.45, 2.75) is 37.9 Å². The number of aliphatic carboxylic acids is 1. The second-order valence-corrected chi connectivity index (χ2v) is 8.49. The van der Waals surface area contributed by atoms with Crippen molar-refractivity contribution in [2.24, 2.45) is 5.73 Å². The normalized spacial score (nSPS) is 17.2. The van der Waals surface area contributed by atoms with Crippen molar-refractivity contribution in [1.82, 2.24) is 4.57 Å². The third kappa shape index (κ3) is 5.84. The van der Waals surface area contributed by atoms with E-state index in [-0.39, 0.29) is 36.0 Å². The lowest BCUT2D eigenvalue weighted by Crippen LogP contribution is -2.33. The molecule has 2 aliphatic rings. The Balaban J connectivity index is 0.000000479. The Hall–Kier alpha value is -3.68. The van der Waals surface area contributed by atoms with Gasteiger partial charge in [0.25, 0.3) is 0 Å². The van der Waals surface area contributed by atoms with E-state index in [4.69, 9.17) is 20.4 Å². The molecule has 37 heavy (non-hydrogen) atoms. The first-order chi connectivity index (χ1) is 17.3. The van der Waals surface area contributed by atoms with Crippen LogP contribution in [-0.2, 0) is 4.79 Å². The third-order valence-electron chi connectivity index (χ3n) is 5.98. The number of hydrogen-bond donors (Lipinski definition) is 3. The van der Waals surface area contributed by atoms with Gasteiger partial charge in [0.2, 0.25) is 5.43 Å². The number of anilines is 1. The Morgan fingerprint density at radius 3 is 2.35 bits per heavy atom. The highest BCUT2D eigenvalue weighted by atomic mass is 19.4. The number of nitrogens with zero attached hydrogens (tertiary/aromatic N) is 2. The summed E-state index contributed by atoms with van der Waals surface area (Å²) in [6.45, 7) is 0.448. The van der Waals surface area contributed by atoms with Crippen LogP contribution in [0.25, 0.3) is 10.9 Å². The summed E-state index contributed by atoms with van der Waals surface area (Å²) in [5.41, 5.74) is 5.29. The minimum absolute atomic E-state index is 0.0184. The summed E-state index contributed by atoms with van der Waals surface area (Å²) in [7, 11) is 1.38.